The van der Waals surface area contributed by atoms with Crippen LogP contribution in [0.15, 0.2) is 42.5 Å². The molecule has 0 bridgehead atoms. The van der Waals surface area contributed by atoms with Crippen LogP contribution in [0.4, 0.5) is 11.4 Å². The summed E-state index contributed by atoms with van der Waals surface area (Å²) in [6.45, 7) is 1.40. The van der Waals surface area contributed by atoms with Crippen molar-refractivity contribution in [1.29, 1.82) is 0 Å². The lowest BCUT2D eigenvalue weighted by molar-refractivity contribution is -0.127. The van der Waals surface area contributed by atoms with Crippen LogP contribution in [0.25, 0.3) is 0 Å². The molecule has 1 N–H and O–H groups in total. The Morgan fingerprint density at radius 1 is 1.15 bits per heavy atom. The van der Waals surface area contributed by atoms with Crippen molar-refractivity contribution in [3.63, 3.8) is 0 Å². The number of anilines is 2. The first-order valence-corrected chi connectivity index (χ1v) is 12.2. The van der Waals surface area contributed by atoms with E-state index in [-0.39, 0.29) is 23.8 Å². The van der Waals surface area contributed by atoms with Crippen LogP contribution in [0.2, 0.25) is 5.02 Å². The maximum Gasteiger partial charge on any atom is 0.337 e. The highest BCUT2D eigenvalue weighted by Crippen LogP contribution is 2.55. The van der Waals surface area contributed by atoms with Crippen molar-refractivity contribution in [2.45, 2.75) is 37.3 Å². The van der Waals surface area contributed by atoms with E-state index < -0.39 is 11.5 Å². The molecule has 0 unspecified atom stereocenters. The number of nitrogens with one attached hydrogen (secondary N) is 1. The summed E-state index contributed by atoms with van der Waals surface area (Å²) in [4.78, 5) is 43.3. The van der Waals surface area contributed by atoms with Crippen LogP contribution in [0.3, 0.4) is 0 Å². The van der Waals surface area contributed by atoms with Crippen LogP contribution in [-0.2, 0) is 19.9 Å². The number of ether oxygens (including phenoxy) is 1. The van der Waals surface area contributed by atoms with E-state index >= 15 is 0 Å². The second-order valence-electron chi connectivity index (χ2n) is 9.80. The second-order valence-corrected chi connectivity index (χ2v) is 10.2. The number of nitrogens with zero attached hydrogens (tertiary/aromatic N) is 2. The largest absolute Gasteiger partial charge is 0.465 e. The third kappa shape index (κ3) is 3.17. The molecule has 2 aromatic rings. The molecule has 0 aromatic heterocycles. The number of methoxy groups -OCH3 is 1. The van der Waals surface area contributed by atoms with Gasteiger partial charge in [-0.1, -0.05) is 17.7 Å². The molecule has 2 saturated heterocycles. The number of likely N-dealkylation sites (tertiary alicyclic amines) is 1. The quantitative estimate of drug-likeness (QED) is 0.674. The van der Waals surface area contributed by atoms with Gasteiger partial charge in [-0.2, -0.15) is 0 Å². The smallest absolute Gasteiger partial charge is 0.337 e. The molecule has 1 saturated carbocycles. The molecule has 6 rings (SSSR count). The molecule has 8 heteroatoms. The zero-order chi connectivity index (χ0) is 23.6. The van der Waals surface area contributed by atoms with Gasteiger partial charge < -0.3 is 15.0 Å². The summed E-state index contributed by atoms with van der Waals surface area (Å²) < 4.78 is 4.78. The van der Waals surface area contributed by atoms with E-state index in [1.54, 1.807) is 35.2 Å². The van der Waals surface area contributed by atoms with E-state index in [1.807, 2.05) is 12.1 Å². The average Bonchev–Trinajstić information content (AvgIpc) is 3.54. The van der Waals surface area contributed by atoms with Gasteiger partial charge in [-0.25, -0.2) is 4.79 Å². The van der Waals surface area contributed by atoms with Crippen LogP contribution in [0, 0.1) is 11.8 Å². The van der Waals surface area contributed by atoms with Gasteiger partial charge in [-0.15, -0.1) is 0 Å². The molecule has 3 aliphatic heterocycles. The molecule has 4 aliphatic rings. The first kappa shape index (κ1) is 21.6. The summed E-state index contributed by atoms with van der Waals surface area (Å²) in [7, 11) is 1.35. The number of piperidine rings is 1. The lowest BCUT2D eigenvalue weighted by Gasteiger charge is -2.40. The summed E-state index contributed by atoms with van der Waals surface area (Å²) >= 11 is 6.21. The number of amides is 2. The van der Waals surface area contributed by atoms with Gasteiger partial charge in [0, 0.05) is 41.1 Å². The van der Waals surface area contributed by atoms with E-state index in [9.17, 15) is 14.4 Å². The zero-order valence-electron chi connectivity index (χ0n) is 18.9. The molecule has 3 atom stereocenters. The summed E-state index contributed by atoms with van der Waals surface area (Å²) in [6, 6.07) is 12.5. The fraction of sp³-hybridized carbons (Fsp3) is 0.423. The van der Waals surface area contributed by atoms with Gasteiger partial charge in [0.2, 0.25) is 11.8 Å². The van der Waals surface area contributed by atoms with Crippen LogP contribution >= 0.6 is 11.6 Å². The molecule has 7 nitrogen and oxygen atoms in total. The Balaban J connectivity index is 1.35. The molecule has 3 heterocycles. The highest BCUT2D eigenvalue weighted by molar-refractivity contribution is 6.31. The van der Waals surface area contributed by atoms with Gasteiger partial charge in [0.15, 0.2) is 0 Å². The van der Waals surface area contributed by atoms with Gasteiger partial charge in [0.25, 0.3) is 0 Å². The first-order valence-electron chi connectivity index (χ1n) is 11.8. The average molecular weight is 480 g/mol. The molecule has 176 valence electrons. The topological polar surface area (TPSA) is 79.0 Å². The number of esters is 1. The molecule has 2 aromatic carbocycles. The van der Waals surface area contributed by atoms with Crippen molar-refractivity contribution in [2.75, 3.05) is 30.4 Å². The van der Waals surface area contributed by atoms with Crippen molar-refractivity contribution < 1.29 is 19.1 Å². The molecular weight excluding hydrogens is 454 g/mol. The lowest BCUT2D eigenvalue weighted by atomic mass is 9.83. The molecule has 34 heavy (non-hydrogen) atoms. The summed E-state index contributed by atoms with van der Waals surface area (Å²) in [5.41, 5.74) is 2.05. The minimum absolute atomic E-state index is 0.0195. The Bertz CT molecular complexity index is 1200. The van der Waals surface area contributed by atoms with Crippen molar-refractivity contribution in [2.24, 2.45) is 11.8 Å². The molecule has 1 spiro atoms. The highest BCUT2D eigenvalue weighted by Gasteiger charge is 2.63. The Kier molecular flexibility index (Phi) is 4.97. The number of halogens is 1. The van der Waals surface area contributed by atoms with Crippen LogP contribution in [-0.4, -0.2) is 48.9 Å². The van der Waals surface area contributed by atoms with Crippen LogP contribution in [0.1, 0.15) is 41.6 Å². The minimum Gasteiger partial charge on any atom is -0.465 e. The SMILES string of the molecule is COC(=O)c1ccc(N2CC[C@@H]3[C@@H](C[C@@]4(C(=O)Nc5cc(Cl)ccc54)N3CC3CC3)C2=O)cc1. The molecule has 1 aliphatic carbocycles. The number of carbonyl (C=O) groups excluding carboxylic acids is 3. The number of fused-ring (bicyclic) bond motifs is 3. The summed E-state index contributed by atoms with van der Waals surface area (Å²) in [5, 5.41) is 3.63. The van der Waals surface area contributed by atoms with Crippen molar-refractivity contribution in [1.82, 2.24) is 4.90 Å². The Labute approximate surface area is 203 Å². The Morgan fingerprint density at radius 3 is 2.62 bits per heavy atom. The molecule has 0 radical (unpaired) electrons. The lowest BCUT2D eigenvalue weighted by Crippen LogP contribution is -2.53. The molecule has 3 fully saturated rings. The van der Waals surface area contributed by atoms with E-state index in [0.717, 1.165) is 29.9 Å². The maximum absolute atomic E-state index is 13.8. The summed E-state index contributed by atoms with van der Waals surface area (Å²) in [6.07, 6.45) is 3.59. The maximum atomic E-state index is 13.8. The predicted molar refractivity (Wildman–Crippen MR) is 128 cm³/mol. The van der Waals surface area contributed by atoms with Gasteiger partial charge in [-0.3, -0.25) is 14.5 Å². The fourth-order valence-corrected chi connectivity index (χ4v) is 6.26. The monoisotopic (exact) mass is 479 g/mol. The van der Waals surface area contributed by atoms with Gasteiger partial charge in [0.05, 0.1) is 18.6 Å². The second kappa shape index (κ2) is 7.82. The third-order valence-electron chi connectivity index (χ3n) is 7.91. The van der Waals surface area contributed by atoms with E-state index in [1.165, 1.54) is 20.0 Å². The van der Waals surface area contributed by atoms with Gasteiger partial charge in [0.1, 0.15) is 5.54 Å². The van der Waals surface area contributed by atoms with Crippen molar-refractivity contribution >= 4 is 40.8 Å². The van der Waals surface area contributed by atoms with Crippen LogP contribution < -0.4 is 10.2 Å². The van der Waals surface area contributed by atoms with Gasteiger partial charge in [-0.05, 0) is 68.0 Å². The molecule has 2 amide bonds. The van der Waals surface area contributed by atoms with Crippen molar-refractivity contribution in [3.05, 3.63) is 58.6 Å². The Hall–Kier alpha value is -2.90. The van der Waals surface area contributed by atoms with E-state index in [0.29, 0.717) is 29.5 Å². The standard InChI is InChI=1S/C26H26ClN3O4/c1-34-24(32)16-4-7-18(8-5-16)29-11-10-22-19(23(29)31)13-26(30(22)14-15-2-3-15)20-9-6-17(27)12-21(20)28-25(26)33/h4-9,12,15,19,22H,2-3,10-11,13-14H2,1H3,(H,28,33)/t19-,22-,26-/m1/s1. The van der Waals surface area contributed by atoms with Gasteiger partial charge >= 0.3 is 5.97 Å². The number of rotatable bonds is 4. The minimum atomic E-state index is -0.835. The number of hydrogen-bond donors (Lipinski definition) is 1. The summed E-state index contributed by atoms with van der Waals surface area (Å²) in [5.74, 6) is -0.119. The third-order valence-corrected chi connectivity index (χ3v) is 8.14. The fourth-order valence-electron chi connectivity index (χ4n) is 6.09. The normalized spacial score (nSPS) is 28.1. The van der Waals surface area contributed by atoms with E-state index in [4.69, 9.17) is 16.3 Å². The number of hydrogen-bond acceptors (Lipinski definition) is 5. The number of carbonyl (C=O) groups is 3. The zero-order valence-corrected chi connectivity index (χ0v) is 19.7. The van der Waals surface area contributed by atoms with E-state index in [2.05, 4.69) is 10.2 Å². The Morgan fingerprint density at radius 2 is 1.91 bits per heavy atom. The number of benzene rings is 2. The highest BCUT2D eigenvalue weighted by atomic mass is 35.5. The van der Waals surface area contributed by atoms with Crippen LogP contribution in [0.5, 0.6) is 0 Å². The first-order chi connectivity index (χ1) is 16.4. The van der Waals surface area contributed by atoms with Crippen molar-refractivity contribution in [3.8, 4) is 0 Å². The predicted octanol–water partition coefficient (Wildman–Crippen LogP) is 3.81. The molecular formula is C26H26ClN3O4.